The van der Waals surface area contributed by atoms with Crippen molar-refractivity contribution in [2.24, 2.45) is 0 Å². The van der Waals surface area contributed by atoms with Crippen LogP contribution in [-0.4, -0.2) is 63.5 Å². The van der Waals surface area contributed by atoms with E-state index in [9.17, 15) is 9.59 Å². The molecule has 2 aliphatic rings. The number of nitrogens with one attached hydrogen (secondary N) is 1. The van der Waals surface area contributed by atoms with Crippen molar-refractivity contribution in [1.82, 2.24) is 19.8 Å². The minimum Gasteiger partial charge on any atom is -0.361 e. The van der Waals surface area contributed by atoms with Crippen LogP contribution in [0.4, 0.5) is 0 Å². The number of para-hydroxylation sites is 1. The Hall–Kier alpha value is -2.71. The van der Waals surface area contributed by atoms with Gasteiger partial charge in [0.15, 0.2) is 0 Å². The Bertz CT molecular complexity index is 1140. The van der Waals surface area contributed by atoms with E-state index >= 15 is 0 Å². The average molecular weight is 453 g/mol. The molecule has 5 rings (SSSR count). The molecule has 0 aliphatic carbocycles. The van der Waals surface area contributed by atoms with Crippen molar-refractivity contribution in [1.29, 1.82) is 0 Å². The number of carbonyl (C=O) groups excluding carboxylic acids is 2. The number of fused-ring (bicyclic) bond motifs is 1. The van der Waals surface area contributed by atoms with Gasteiger partial charge in [0.25, 0.3) is 5.91 Å². The van der Waals surface area contributed by atoms with E-state index in [1.807, 2.05) is 48.5 Å². The molecule has 0 atom stereocenters. The van der Waals surface area contributed by atoms with Crippen LogP contribution < -0.4 is 0 Å². The first kappa shape index (κ1) is 21.2. The number of nitrogens with zero attached hydrogens (tertiary/aromatic N) is 3. The zero-order valence-corrected chi connectivity index (χ0v) is 19.3. The summed E-state index contributed by atoms with van der Waals surface area (Å²) < 4.78 is 5.47. The highest BCUT2D eigenvalue weighted by Crippen LogP contribution is 2.32. The molecule has 2 aromatic heterocycles. The fraction of sp³-hybridized carbons (Fsp3) is 0.458. The highest BCUT2D eigenvalue weighted by Gasteiger charge is 2.38. The molecule has 7 nitrogen and oxygen atoms in total. The first-order chi connectivity index (χ1) is 15.4. The number of ether oxygens (including phenoxy) is 1. The quantitative estimate of drug-likeness (QED) is 0.653. The summed E-state index contributed by atoms with van der Waals surface area (Å²) >= 11 is 1.55. The molecular weight excluding hydrogens is 424 g/mol. The van der Waals surface area contributed by atoms with Crippen LogP contribution in [0.1, 0.15) is 53.7 Å². The lowest BCUT2D eigenvalue weighted by Gasteiger charge is -2.31. The summed E-state index contributed by atoms with van der Waals surface area (Å²) in [5, 5.41) is 3.97. The molecule has 4 heterocycles. The van der Waals surface area contributed by atoms with Crippen LogP contribution >= 0.6 is 11.3 Å². The molecule has 1 aromatic carbocycles. The largest absolute Gasteiger partial charge is 0.361 e. The average Bonchev–Trinajstić information content (AvgIpc) is 3.52. The molecule has 2 amide bonds. The Labute approximate surface area is 191 Å². The van der Waals surface area contributed by atoms with Crippen LogP contribution in [0, 0.1) is 0 Å². The lowest BCUT2D eigenvalue weighted by atomic mass is 9.97. The number of thiazole rings is 1. The van der Waals surface area contributed by atoms with Gasteiger partial charge < -0.3 is 19.5 Å². The van der Waals surface area contributed by atoms with E-state index in [0.29, 0.717) is 31.4 Å². The maximum Gasteiger partial charge on any atom is 0.275 e. The van der Waals surface area contributed by atoms with Crippen LogP contribution in [0.5, 0.6) is 0 Å². The molecule has 2 aliphatic heterocycles. The maximum atomic E-state index is 12.9. The summed E-state index contributed by atoms with van der Waals surface area (Å²) in [6, 6.07) is 8.07. The number of benzene rings is 1. The molecule has 2 saturated heterocycles. The lowest BCUT2D eigenvalue weighted by molar-refractivity contribution is -0.131. The number of aromatic amines is 1. The van der Waals surface area contributed by atoms with E-state index in [1.165, 1.54) is 0 Å². The molecule has 0 unspecified atom stereocenters. The van der Waals surface area contributed by atoms with Gasteiger partial charge in [-0.05, 0) is 38.3 Å². The molecule has 0 radical (unpaired) electrons. The zero-order valence-electron chi connectivity index (χ0n) is 18.5. The third-order valence-corrected chi connectivity index (χ3v) is 7.61. The van der Waals surface area contributed by atoms with Crippen molar-refractivity contribution in [3.63, 3.8) is 0 Å². The molecule has 2 fully saturated rings. The normalized spacial score (nSPS) is 19.1. The van der Waals surface area contributed by atoms with Crippen molar-refractivity contribution in [2.75, 3.05) is 26.4 Å². The van der Waals surface area contributed by atoms with E-state index in [4.69, 9.17) is 4.74 Å². The van der Waals surface area contributed by atoms with Crippen LogP contribution in [0.3, 0.4) is 0 Å². The van der Waals surface area contributed by atoms with Gasteiger partial charge in [0, 0.05) is 41.5 Å². The summed E-state index contributed by atoms with van der Waals surface area (Å²) in [6.45, 7) is 6.32. The van der Waals surface area contributed by atoms with E-state index in [2.05, 4.69) is 16.0 Å². The Balaban J connectivity index is 1.19. The molecule has 8 heteroatoms. The van der Waals surface area contributed by atoms with E-state index in [-0.39, 0.29) is 17.4 Å². The first-order valence-corrected chi connectivity index (χ1v) is 12.0. The van der Waals surface area contributed by atoms with E-state index in [0.717, 1.165) is 47.4 Å². The van der Waals surface area contributed by atoms with Crippen molar-refractivity contribution in [2.45, 2.75) is 44.6 Å². The monoisotopic (exact) mass is 452 g/mol. The van der Waals surface area contributed by atoms with Crippen LogP contribution in [0.25, 0.3) is 10.9 Å². The SMILES string of the molecule is CC1(C)COCN1C(=O)c1csc(C2CCN(C(=O)Cc3c[nH]c4ccccc34)CC2)n1. The molecule has 0 bridgehead atoms. The minimum absolute atomic E-state index is 0.0682. The molecule has 3 aromatic rings. The predicted molar refractivity (Wildman–Crippen MR) is 124 cm³/mol. The summed E-state index contributed by atoms with van der Waals surface area (Å²) in [5.74, 6) is 0.391. The van der Waals surface area contributed by atoms with Gasteiger partial charge in [-0.2, -0.15) is 0 Å². The molecule has 32 heavy (non-hydrogen) atoms. The van der Waals surface area contributed by atoms with Gasteiger partial charge in [0.1, 0.15) is 12.4 Å². The van der Waals surface area contributed by atoms with Gasteiger partial charge in [-0.1, -0.05) is 18.2 Å². The second-order valence-electron chi connectivity index (χ2n) is 9.29. The fourth-order valence-corrected chi connectivity index (χ4v) is 5.58. The fourth-order valence-electron chi connectivity index (χ4n) is 4.61. The van der Waals surface area contributed by atoms with Crippen LogP contribution in [0.2, 0.25) is 0 Å². The highest BCUT2D eigenvalue weighted by atomic mass is 32.1. The van der Waals surface area contributed by atoms with Gasteiger partial charge in [-0.15, -0.1) is 11.3 Å². The van der Waals surface area contributed by atoms with Crippen molar-refractivity contribution < 1.29 is 14.3 Å². The van der Waals surface area contributed by atoms with Gasteiger partial charge in [-0.3, -0.25) is 9.59 Å². The summed E-state index contributed by atoms with van der Waals surface area (Å²) in [4.78, 5) is 37.4. The second-order valence-corrected chi connectivity index (χ2v) is 10.2. The third kappa shape index (κ3) is 3.93. The van der Waals surface area contributed by atoms with Crippen molar-refractivity contribution in [3.05, 3.63) is 52.1 Å². The maximum absolute atomic E-state index is 12.9. The van der Waals surface area contributed by atoms with E-state index < -0.39 is 0 Å². The number of carbonyl (C=O) groups is 2. The molecule has 168 valence electrons. The standard InChI is InChI=1S/C24H28N4O3S/c1-24(2)14-31-15-28(24)23(30)20-13-32-22(26-20)16-7-9-27(10-8-16)21(29)11-17-12-25-19-6-4-3-5-18(17)19/h3-6,12-13,16,25H,7-11,14-15H2,1-2H3. The van der Waals surface area contributed by atoms with Gasteiger partial charge in [-0.25, -0.2) is 4.98 Å². The van der Waals surface area contributed by atoms with Gasteiger partial charge in [0.2, 0.25) is 5.91 Å². The molecule has 0 saturated carbocycles. The topological polar surface area (TPSA) is 78.5 Å². The molecule has 1 N–H and O–H groups in total. The summed E-state index contributed by atoms with van der Waals surface area (Å²) in [5.41, 5.74) is 2.30. The van der Waals surface area contributed by atoms with Gasteiger partial charge >= 0.3 is 0 Å². The van der Waals surface area contributed by atoms with Crippen molar-refractivity contribution >= 4 is 34.1 Å². The van der Waals surface area contributed by atoms with Crippen LogP contribution in [0.15, 0.2) is 35.8 Å². The smallest absolute Gasteiger partial charge is 0.275 e. The Morgan fingerprint density at radius 2 is 2.03 bits per heavy atom. The molecule has 0 spiro atoms. The zero-order chi connectivity index (χ0) is 22.3. The predicted octanol–water partition coefficient (Wildman–Crippen LogP) is 3.78. The Kier molecular flexibility index (Phi) is 5.51. The summed E-state index contributed by atoms with van der Waals surface area (Å²) in [6.07, 6.45) is 4.10. The Morgan fingerprint density at radius 3 is 2.78 bits per heavy atom. The summed E-state index contributed by atoms with van der Waals surface area (Å²) in [7, 11) is 0. The number of likely N-dealkylation sites (tertiary alicyclic amines) is 1. The second kappa shape index (κ2) is 8.33. The number of rotatable bonds is 4. The molecular formula is C24H28N4O3S. The number of hydrogen-bond acceptors (Lipinski definition) is 5. The number of H-pyrrole nitrogens is 1. The third-order valence-electron chi connectivity index (χ3n) is 6.61. The Morgan fingerprint density at radius 1 is 1.25 bits per heavy atom. The van der Waals surface area contributed by atoms with Crippen LogP contribution in [-0.2, 0) is 16.0 Å². The number of amides is 2. The minimum atomic E-state index is -0.308. The lowest BCUT2D eigenvalue weighted by Crippen LogP contribution is -2.44. The highest BCUT2D eigenvalue weighted by molar-refractivity contribution is 7.09. The van der Waals surface area contributed by atoms with Crippen molar-refractivity contribution in [3.8, 4) is 0 Å². The first-order valence-electron chi connectivity index (χ1n) is 11.1. The number of piperidine rings is 1. The number of aromatic nitrogens is 2. The van der Waals surface area contributed by atoms with Gasteiger partial charge in [0.05, 0.1) is 23.6 Å². The number of hydrogen-bond donors (Lipinski definition) is 1. The van der Waals surface area contributed by atoms with E-state index in [1.54, 1.807) is 16.2 Å².